The molecule has 248 valence electrons. The molecule has 0 atom stereocenters. The predicted octanol–water partition coefficient (Wildman–Crippen LogP) is 4.63. The number of hydrogen-bond donors (Lipinski definition) is 2. The molecule has 2 N–H and O–H groups in total. The molecule has 2 amide bonds. The minimum Gasteiger partial charge on any atom is -0.354 e. The molecule has 0 heterocycles. The third-order valence-corrected chi connectivity index (χ3v) is 11.0. The van der Waals surface area contributed by atoms with E-state index in [1.165, 1.54) is 24.3 Å². The van der Waals surface area contributed by atoms with Crippen LogP contribution in [0, 0.1) is 27.7 Å². The van der Waals surface area contributed by atoms with Crippen LogP contribution in [0.3, 0.4) is 0 Å². The van der Waals surface area contributed by atoms with Crippen LogP contribution in [0.4, 0.5) is 11.4 Å². The zero-order valence-corrected chi connectivity index (χ0v) is 28.6. The Bertz CT molecular complexity index is 1750. The maximum absolute atomic E-state index is 13.6. The first-order valence-electron chi connectivity index (χ1n) is 15.1. The van der Waals surface area contributed by atoms with E-state index in [-0.39, 0.29) is 22.9 Å². The van der Waals surface area contributed by atoms with Crippen molar-refractivity contribution >= 4 is 43.2 Å². The number of aryl methyl sites for hydroxylation is 4. The number of carbonyl (C=O) groups is 2. The van der Waals surface area contributed by atoms with E-state index in [1.54, 1.807) is 72.8 Å². The summed E-state index contributed by atoms with van der Waals surface area (Å²) >= 11 is 0. The molecule has 0 aromatic heterocycles. The average molecular weight is 677 g/mol. The Hall–Kier alpha value is -4.68. The lowest BCUT2D eigenvalue weighted by molar-refractivity contribution is -0.119. The molecule has 0 aliphatic heterocycles. The van der Waals surface area contributed by atoms with Crippen LogP contribution in [-0.2, 0) is 29.6 Å². The SMILES string of the molecule is Cc1ccc(N(CC(=O)NCCCNC(=O)CN(c2ccc(C)cc2)S(=O)(=O)c2ccc(C)cc2)S(=O)(=O)c2ccc(C)cc2)cc1. The molecule has 4 aromatic rings. The van der Waals surface area contributed by atoms with Gasteiger partial charge in [0.1, 0.15) is 13.1 Å². The monoisotopic (exact) mass is 676 g/mol. The number of amides is 2. The Morgan fingerprint density at radius 2 is 0.766 bits per heavy atom. The van der Waals surface area contributed by atoms with Crippen molar-refractivity contribution in [2.75, 3.05) is 34.8 Å². The van der Waals surface area contributed by atoms with Crippen molar-refractivity contribution < 1.29 is 26.4 Å². The lowest BCUT2D eigenvalue weighted by Crippen LogP contribution is -2.42. The fourth-order valence-electron chi connectivity index (χ4n) is 4.64. The summed E-state index contributed by atoms with van der Waals surface area (Å²) < 4.78 is 56.3. The van der Waals surface area contributed by atoms with Crippen LogP contribution in [0.2, 0.25) is 0 Å². The molecule has 0 saturated carbocycles. The van der Waals surface area contributed by atoms with Gasteiger partial charge in [-0.1, -0.05) is 70.8 Å². The normalized spacial score (nSPS) is 11.5. The van der Waals surface area contributed by atoms with E-state index in [1.807, 2.05) is 27.7 Å². The summed E-state index contributed by atoms with van der Waals surface area (Å²) in [7, 11) is -8.07. The summed E-state index contributed by atoms with van der Waals surface area (Å²) in [5.74, 6) is -1.02. The summed E-state index contributed by atoms with van der Waals surface area (Å²) in [6, 6.07) is 26.6. The number of hydrogen-bond acceptors (Lipinski definition) is 6. The second-order valence-corrected chi connectivity index (χ2v) is 15.1. The van der Waals surface area contributed by atoms with E-state index in [2.05, 4.69) is 10.6 Å². The molecule has 10 nitrogen and oxygen atoms in total. The van der Waals surface area contributed by atoms with Crippen LogP contribution >= 0.6 is 0 Å². The van der Waals surface area contributed by atoms with Gasteiger partial charge in [0, 0.05) is 13.1 Å². The number of nitrogens with one attached hydrogen (secondary N) is 2. The molecule has 0 bridgehead atoms. The van der Waals surface area contributed by atoms with E-state index in [9.17, 15) is 26.4 Å². The quantitative estimate of drug-likeness (QED) is 0.187. The van der Waals surface area contributed by atoms with Gasteiger partial charge in [0.05, 0.1) is 21.2 Å². The first-order valence-corrected chi connectivity index (χ1v) is 18.0. The van der Waals surface area contributed by atoms with Crippen molar-refractivity contribution in [1.82, 2.24) is 10.6 Å². The van der Waals surface area contributed by atoms with E-state index in [0.717, 1.165) is 30.9 Å². The molecule has 47 heavy (non-hydrogen) atoms. The predicted molar refractivity (Wildman–Crippen MR) is 184 cm³/mol. The number of anilines is 2. The van der Waals surface area contributed by atoms with Crippen LogP contribution in [0.15, 0.2) is 107 Å². The second kappa shape index (κ2) is 15.3. The maximum atomic E-state index is 13.6. The molecule has 0 spiro atoms. The first-order chi connectivity index (χ1) is 22.3. The van der Waals surface area contributed by atoms with Gasteiger partial charge >= 0.3 is 0 Å². The summed E-state index contributed by atoms with van der Waals surface area (Å²) in [6.45, 7) is 6.94. The lowest BCUT2D eigenvalue weighted by atomic mass is 10.2. The highest BCUT2D eigenvalue weighted by atomic mass is 32.2. The molecular formula is C35H40N4O6S2. The van der Waals surface area contributed by atoms with Crippen LogP contribution in [0.5, 0.6) is 0 Å². The second-order valence-electron chi connectivity index (χ2n) is 11.4. The number of carbonyl (C=O) groups excluding carboxylic acids is 2. The van der Waals surface area contributed by atoms with Crippen molar-refractivity contribution in [1.29, 1.82) is 0 Å². The summed E-state index contributed by atoms with van der Waals surface area (Å²) in [5.41, 5.74) is 4.43. The first kappa shape index (κ1) is 35.2. The van der Waals surface area contributed by atoms with Gasteiger partial charge < -0.3 is 10.6 Å². The summed E-state index contributed by atoms with van der Waals surface area (Å²) in [5, 5.41) is 5.44. The number of sulfonamides is 2. The Labute approximate surface area is 277 Å². The topological polar surface area (TPSA) is 133 Å². The van der Waals surface area contributed by atoms with Gasteiger partial charge in [0.2, 0.25) is 11.8 Å². The third kappa shape index (κ3) is 9.20. The molecule has 0 fully saturated rings. The zero-order valence-electron chi connectivity index (χ0n) is 26.9. The third-order valence-electron chi connectivity index (χ3n) is 7.43. The standard InChI is InChI=1S/C35H40N4O6S2/c1-26-6-14-30(15-7-26)38(46(42,43)32-18-10-28(3)11-19-32)24-34(40)36-22-5-23-37-35(41)25-39(31-16-8-27(2)9-17-31)47(44,45)33-20-12-29(4)13-21-33/h6-21H,5,22-25H2,1-4H3,(H,36,40)(H,37,41). The smallest absolute Gasteiger partial charge is 0.264 e. The molecule has 0 unspecified atom stereocenters. The van der Waals surface area contributed by atoms with Gasteiger partial charge in [0.15, 0.2) is 0 Å². The Balaban J connectivity index is 1.36. The minimum absolute atomic E-state index is 0.0725. The Morgan fingerprint density at radius 3 is 1.06 bits per heavy atom. The van der Waals surface area contributed by atoms with Gasteiger partial charge in [0.25, 0.3) is 20.0 Å². The molecular weight excluding hydrogens is 637 g/mol. The molecule has 4 aromatic carbocycles. The molecule has 0 radical (unpaired) electrons. The van der Waals surface area contributed by atoms with Gasteiger partial charge in [-0.3, -0.25) is 18.2 Å². The highest BCUT2D eigenvalue weighted by molar-refractivity contribution is 7.93. The largest absolute Gasteiger partial charge is 0.354 e. The van der Waals surface area contributed by atoms with Crippen LogP contribution in [0.1, 0.15) is 28.7 Å². The van der Waals surface area contributed by atoms with Crippen LogP contribution < -0.4 is 19.2 Å². The number of nitrogens with zero attached hydrogens (tertiary/aromatic N) is 2. The highest BCUT2D eigenvalue weighted by Gasteiger charge is 2.28. The minimum atomic E-state index is -4.03. The van der Waals surface area contributed by atoms with Gasteiger partial charge in [-0.05, 0) is 82.6 Å². The van der Waals surface area contributed by atoms with E-state index < -0.39 is 45.0 Å². The highest BCUT2D eigenvalue weighted by Crippen LogP contribution is 2.25. The molecule has 12 heteroatoms. The summed E-state index contributed by atoms with van der Waals surface area (Å²) in [4.78, 5) is 26.0. The van der Waals surface area contributed by atoms with Crippen molar-refractivity contribution in [3.05, 3.63) is 119 Å². The van der Waals surface area contributed by atoms with E-state index in [4.69, 9.17) is 0 Å². The van der Waals surface area contributed by atoms with E-state index >= 15 is 0 Å². The zero-order chi connectivity index (χ0) is 34.2. The fourth-order valence-corrected chi connectivity index (χ4v) is 7.49. The van der Waals surface area contributed by atoms with Crippen molar-refractivity contribution in [3.8, 4) is 0 Å². The van der Waals surface area contributed by atoms with Crippen LogP contribution in [0.25, 0.3) is 0 Å². The van der Waals surface area contributed by atoms with Gasteiger partial charge in [-0.25, -0.2) is 16.8 Å². The van der Waals surface area contributed by atoms with Crippen molar-refractivity contribution in [2.24, 2.45) is 0 Å². The Morgan fingerprint density at radius 1 is 0.489 bits per heavy atom. The number of benzene rings is 4. The van der Waals surface area contributed by atoms with Gasteiger partial charge in [-0.2, -0.15) is 0 Å². The Kier molecular flexibility index (Phi) is 11.4. The van der Waals surface area contributed by atoms with Gasteiger partial charge in [-0.15, -0.1) is 0 Å². The fraction of sp³-hybridized carbons (Fsp3) is 0.257. The average Bonchev–Trinajstić information content (AvgIpc) is 3.03. The summed E-state index contributed by atoms with van der Waals surface area (Å²) in [6.07, 6.45) is 0.335. The maximum Gasteiger partial charge on any atom is 0.264 e. The van der Waals surface area contributed by atoms with Crippen LogP contribution in [-0.4, -0.2) is 54.8 Å². The molecule has 0 aliphatic carbocycles. The molecule has 0 aliphatic rings. The van der Waals surface area contributed by atoms with E-state index in [0.29, 0.717) is 17.8 Å². The van der Waals surface area contributed by atoms with Crippen molar-refractivity contribution in [3.63, 3.8) is 0 Å². The molecule has 4 rings (SSSR count). The lowest BCUT2D eigenvalue weighted by Gasteiger charge is -2.24. The number of rotatable bonds is 14. The van der Waals surface area contributed by atoms with Crippen molar-refractivity contribution in [2.45, 2.75) is 43.9 Å². The molecule has 0 saturated heterocycles.